The van der Waals surface area contributed by atoms with Crippen molar-refractivity contribution in [1.82, 2.24) is 4.31 Å². The van der Waals surface area contributed by atoms with Gasteiger partial charge in [0.05, 0.1) is 11.5 Å². The highest BCUT2D eigenvalue weighted by Crippen LogP contribution is 2.36. The van der Waals surface area contributed by atoms with E-state index in [1.165, 1.54) is 4.31 Å². The number of ether oxygens (including phenoxy) is 1. The van der Waals surface area contributed by atoms with Gasteiger partial charge in [0.15, 0.2) is 0 Å². The Morgan fingerprint density at radius 1 is 1.14 bits per heavy atom. The lowest BCUT2D eigenvalue weighted by Gasteiger charge is -2.41. The third-order valence-corrected chi connectivity index (χ3v) is 7.29. The molecule has 7 heteroatoms. The van der Waals surface area contributed by atoms with E-state index >= 15 is 0 Å². The molecule has 0 aromatic heterocycles. The van der Waals surface area contributed by atoms with Crippen molar-refractivity contribution in [2.75, 3.05) is 19.7 Å². The molecule has 1 aliphatic rings. The van der Waals surface area contributed by atoms with Crippen LogP contribution >= 0.6 is 0 Å². The van der Waals surface area contributed by atoms with Gasteiger partial charge in [0.2, 0.25) is 15.9 Å². The first kappa shape index (κ1) is 21.3. The first-order chi connectivity index (χ1) is 13.8. The SMILES string of the molecule is CCc1ccc(S(=O)(=O)N2CCCC(COc3ccccc3)(CC(N)=O)C2)cc1. The third kappa shape index (κ3) is 5.16. The summed E-state index contributed by atoms with van der Waals surface area (Å²) >= 11 is 0. The van der Waals surface area contributed by atoms with Crippen LogP contribution in [0.4, 0.5) is 0 Å². The molecule has 2 N–H and O–H groups in total. The van der Waals surface area contributed by atoms with E-state index in [0.29, 0.717) is 25.1 Å². The maximum Gasteiger partial charge on any atom is 0.243 e. The number of nitrogens with zero attached hydrogens (tertiary/aromatic N) is 1. The van der Waals surface area contributed by atoms with Crippen LogP contribution in [0, 0.1) is 5.41 Å². The summed E-state index contributed by atoms with van der Waals surface area (Å²) in [5, 5.41) is 0. The van der Waals surface area contributed by atoms with Crippen molar-refractivity contribution in [3.8, 4) is 5.75 Å². The van der Waals surface area contributed by atoms with Crippen LogP contribution < -0.4 is 10.5 Å². The summed E-state index contributed by atoms with van der Waals surface area (Å²) in [5.41, 5.74) is 5.96. The molecule has 0 aliphatic carbocycles. The fourth-order valence-corrected chi connectivity index (χ4v) is 5.44. The van der Waals surface area contributed by atoms with Gasteiger partial charge in [0, 0.05) is 24.9 Å². The van der Waals surface area contributed by atoms with Gasteiger partial charge in [0.1, 0.15) is 5.75 Å². The molecule has 1 aliphatic heterocycles. The quantitative estimate of drug-likeness (QED) is 0.716. The number of piperidine rings is 1. The molecule has 6 nitrogen and oxygen atoms in total. The summed E-state index contributed by atoms with van der Waals surface area (Å²) in [7, 11) is -3.65. The van der Waals surface area contributed by atoms with Crippen molar-refractivity contribution < 1.29 is 17.9 Å². The van der Waals surface area contributed by atoms with Gasteiger partial charge in [-0.25, -0.2) is 8.42 Å². The van der Waals surface area contributed by atoms with E-state index in [2.05, 4.69) is 0 Å². The zero-order valence-corrected chi connectivity index (χ0v) is 17.5. The summed E-state index contributed by atoms with van der Waals surface area (Å²) < 4.78 is 33.8. The monoisotopic (exact) mass is 416 g/mol. The van der Waals surface area contributed by atoms with E-state index in [0.717, 1.165) is 12.0 Å². The van der Waals surface area contributed by atoms with Crippen LogP contribution in [-0.4, -0.2) is 38.3 Å². The second-order valence-corrected chi connectivity index (χ2v) is 9.62. The molecule has 1 unspecified atom stereocenters. The zero-order valence-electron chi connectivity index (χ0n) is 16.7. The van der Waals surface area contributed by atoms with Gasteiger partial charge >= 0.3 is 0 Å². The molecule has 1 atom stereocenters. The van der Waals surface area contributed by atoms with Crippen LogP contribution in [0.5, 0.6) is 5.75 Å². The molecule has 156 valence electrons. The molecule has 1 saturated heterocycles. The molecule has 29 heavy (non-hydrogen) atoms. The highest BCUT2D eigenvalue weighted by Gasteiger charge is 2.42. The van der Waals surface area contributed by atoms with Crippen LogP contribution in [0.1, 0.15) is 31.7 Å². The van der Waals surface area contributed by atoms with Crippen molar-refractivity contribution >= 4 is 15.9 Å². The van der Waals surface area contributed by atoms with Crippen LogP contribution in [0.15, 0.2) is 59.5 Å². The number of rotatable bonds is 8. The Bertz CT molecular complexity index is 929. The van der Waals surface area contributed by atoms with Gasteiger partial charge in [-0.1, -0.05) is 37.3 Å². The summed E-state index contributed by atoms with van der Waals surface area (Å²) in [4.78, 5) is 12.1. The number of aryl methyl sites for hydroxylation is 1. The van der Waals surface area contributed by atoms with Crippen molar-refractivity contribution in [2.24, 2.45) is 11.1 Å². The minimum Gasteiger partial charge on any atom is -0.493 e. The van der Waals surface area contributed by atoms with Gasteiger partial charge in [-0.2, -0.15) is 4.31 Å². The number of nitrogens with two attached hydrogens (primary N) is 1. The van der Waals surface area contributed by atoms with Gasteiger partial charge in [-0.3, -0.25) is 4.79 Å². The molecular weight excluding hydrogens is 388 g/mol. The molecule has 1 heterocycles. The predicted octanol–water partition coefficient (Wildman–Crippen LogP) is 2.97. The lowest BCUT2D eigenvalue weighted by Crippen LogP contribution is -2.50. The Labute approximate surface area is 172 Å². The normalized spacial score (nSPS) is 20.3. The number of amides is 1. The molecule has 0 saturated carbocycles. The number of sulfonamides is 1. The Morgan fingerprint density at radius 2 is 1.83 bits per heavy atom. The summed E-state index contributed by atoms with van der Waals surface area (Å²) in [6.45, 7) is 2.89. The highest BCUT2D eigenvalue weighted by molar-refractivity contribution is 7.89. The fourth-order valence-electron chi connectivity index (χ4n) is 3.85. The molecule has 2 aromatic rings. The second-order valence-electron chi connectivity index (χ2n) is 7.68. The summed E-state index contributed by atoms with van der Waals surface area (Å²) in [6.07, 6.45) is 2.27. The molecule has 0 bridgehead atoms. The molecule has 0 radical (unpaired) electrons. The number of primary amides is 1. The Kier molecular flexibility index (Phi) is 6.59. The third-order valence-electron chi connectivity index (χ3n) is 5.43. The van der Waals surface area contributed by atoms with Crippen LogP contribution in [0.25, 0.3) is 0 Å². The molecule has 0 spiro atoms. The van der Waals surface area contributed by atoms with E-state index in [9.17, 15) is 13.2 Å². The van der Waals surface area contributed by atoms with E-state index in [4.69, 9.17) is 10.5 Å². The topological polar surface area (TPSA) is 89.7 Å². The lowest BCUT2D eigenvalue weighted by atomic mass is 9.78. The van der Waals surface area contributed by atoms with Gasteiger partial charge < -0.3 is 10.5 Å². The van der Waals surface area contributed by atoms with Crippen LogP contribution in [0.3, 0.4) is 0 Å². The molecule has 1 fully saturated rings. The largest absolute Gasteiger partial charge is 0.493 e. The Balaban J connectivity index is 1.82. The Hall–Kier alpha value is -2.38. The van der Waals surface area contributed by atoms with E-state index in [1.807, 2.05) is 49.4 Å². The number of carbonyl (C=O) groups is 1. The minimum atomic E-state index is -3.65. The maximum atomic E-state index is 13.2. The fraction of sp³-hybridized carbons (Fsp3) is 0.409. The van der Waals surface area contributed by atoms with E-state index in [1.54, 1.807) is 12.1 Å². The summed E-state index contributed by atoms with van der Waals surface area (Å²) in [6, 6.07) is 16.3. The van der Waals surface area contributed by atoms with Gasteiger partial charge in [-0.05, 0) is 49.1 Å². The predicted molar refractivity (Wildman–Crippen MR) is 112 cm³/mol. The molecule has 1 amide bonds. The Morgan fingerprint density at radius 3 is 2.45 bits per heavy atom. The number of carbonyl (C=O) groups excluding carboxylic acids is 1. The average Bonchev–Trinajstić information content (AvgIpc) is 2.73. The van der Waals surface area contributed by atoms with Crippen LogP contribution in [0.2, 0.25) is 0 Å². The number of hydrogen-bond donors (Lipinski definition) is 1. The molecule has 3 rings (SSSR count). The van der Waals surface area contributed by atoms with Crippen molar-refractivity contribution in [3.63, 3.8) is 0 Å². The smallest absolute Gasteiger partial charge is 0.243 e. The second kappa shape index (κ2) is 8.97. The minimum absolute atomic E-state index is 0.0840. The number of benzene rings is 2. The van der Waals surface area contributed by atoms with Crippen LogP contribution in [-0.2, 0) is 21.2 Å². The average molecular weight is 417 g/mol. The van der Waals surface area contributed by atoms with Gasteiger partial charge in [0.25, 0.3) is 0 Å². The summed E-state index contributed by atoms with van der Waals surface area (Å²) in [5.74, 6) is 0.236. The van der Waals surface area contributed by atoms with Crippen molar-refractivity contribution in [2.45, 2.75) is 37.5 Å². The number of para-hydroxylation sites is 1. The van der Waals surface area contributed by atoms with E-state index in [-0.39, 0.29) is 24.5 Å². The van der Waals surface area contributed by atoms with Gasteiger partial charge in [-0.15, -0.1) is 0 Å². The standard InChI is InChI=1S/C22H28N2O4S/c1-2-18-9-11-20(12-10-18)29(26,27)24-14-6-13-22(16-24,15-21(23)25)17-28-19-7-4-3-5-8-19/h3-5,7-12H,2,6,13-17H2,1H3,(H2,23,25). The lowest BCUT2D eigenvalue weighted by molar-refractivity contribution is -0.121. The first-order valence-corrected chi connectivity index (χ1v) is 11.3. The molecule has 2 aromatic carbocycles. The maximum absolute atomic E-state index is 13.2. The van der Waals surface area contributed by atoms with Crippen molar-refractivity contribution in [3.05, 3.63) is 60.2 Å². The van der Waals surface area contributed by atoms with Crippen molar-refractivity contribution in [1.29, 1.82) is 0 Å². The molecular formula is C22H28N2O4S. The zero-order chi connectivity index (χ0) is 20.9. The van der Waals surface area contributed by atoms with E-state index < -0.39 is 21.3 Å². The highest BCUT2D eigenvalue weighted by atomic mass is 32.2. The number of hydrogen-bond acceptors (Lipinski definition) is 4. The first-order valence-electron chi connectivity index (χ1n) is 9.90.